The topological polar surface area (TPSA) is 90.4 Å². The molecule has 134 valence electrons. The maximum atomic E-state index is 12.2. The van der Waals surface area contributed by atoms with E-state index in [4.69, 9.17) is 21.1 Å². The summed E-state index contributed by atoms with van der Waals surface area (Å²) in [6.07, 6.45) is 0.815. The Hall–Kier alpha value is -2.41. The van der Waals surface area contributed by atoms with E-state index in [0.717, 1.165) is 10.9 Å². The number of amides is 1. The molecule has 25 heavy (non-hydrogen) atoms. The molecule has 1 aromatic carbocycles. The van der Waals surface area contributed by atoms with E-state index in [9.17, 15) is 9.59 Å². The number of fused-ring (bicyclic) bond motifs is 1. The number of nitrogens with one attached hydrogen (secondary N) is 1. The van der Waals surface area contributed by atoms with Gasteiger partial charge < -0.3 is 14.8 Å². The summed E-state index contributed by atoms with van der Waals surface area (Å²) in [6, 6.07) is 6.11. The van der Waals surface area contributed by atoms with Crippen LogP contribution in [-0.4, -0.2) is 39.7 Å². The van der Waals surface area contributed by atoms with Crippen LogP contribution in [0.5, 0.6) is 0 Å². The monoisotopic (exact) mass is 365 g/mol. The first-order valence-corrected chi connectivity index (χ1v) is 8.24. The van der Waals surface area contributed by atoms with Gasteiger partial charge in [0.25, 0.3) is 0 Å². The molecule has 8 heteroatoms. The summed E-state index contributed by atoms with van der Waals surface area (Å²) in [7, 11) is 0. The average molecular weight is 366 g/mol. The number of halogens is 1. The Kier molecular flexibility index (Phi) is 6.14. The summed E-state index contributed by atoms with van der Waals surface area (Å²) in [5.74, 6) is -0.663. The molecule has 2 rings (SSSR count). The molecule has 0 aliphatic carbocycles. The van der Waals surface area contributed by atoms with Crippen molar-refractivity contribution >= 4 is 34.6 Å². The zero-order chi connectivity index (χ0) is 18.4. The van der Waals surface area contributed by atoms with Crippen LogP contribution >= 0.6 is 11.6 Å². The van der Waals surface area contributed by atoms with Crippen LogP contribution in [0.3, 0.4) is 0 Å². The number of nitrogens with zero attached hydrogens (tertiary/aromatic N) is 2. The van der Waals surface area contributed by atoms with E-state index >= 15 is 0 Å². The highest BCUT2D eigenvalue weighted by Crippen LogP contribution is 2.16. The Balaban J connectivity index is 2.23. The van der Waals surface area contributed by atoms with Crippen LogP contribution in [0.15, 0.2) is 30.6 Å². The molecule has 0 aliphatic rings. The molecule has 0 spiro atoms. The van der Waals surface area contributed by atoms with Gasteiger partial charge in [0.1, 0.15) is 18.0 Å². The molecule has 1 amide bonds. The molecule has 1 heterocycles. The number of esters is 1. The predicted octanol–water partition coefficient (Wildman–Crippen LogP) is 2.81. The summed E-state index contributed by atoms with van der Waals surface area (Å²) in [6.45, 7) is 5.20. The highest BCUT2D eigenvalue weighted by molar-refractivity contribution is 6.17. The molecule has 7 nitrogen and oxygen atoms in total. The van der Waals surface area contributed by atoms with Crippen LogP contribution in [0.2, 0.25) is 0 Å². The van der Waals surface area contributed by atoms with E-state index in [1.807, 2.05) is 24.3 Å². The summed E-state index contributed by atoms with van der Waals surface area (Å²) in [5.41, 5.74) is 0.666. The van der Waals surface area contributed by atoms with E-state index in [0.29, 0.717) is 5.69 Å². The average Bonchev–Trinajstić information content (AvgIpc) is 2.53. The largest absolute Gasteiger partial charge is 0.448 e. The maximum absolute atomic E-state index is 12.2. The van der Waals surface area contributed by atoms with Crippen LogP contribution in [0.1, 0.15) is 26.5 Å². The van der Waals surface area contributed by atoms with Crippen LogP contribution in [0, 0.1) is 0 Å². The molecule has 1 atom stereocenters. The first-order valence-electron chi connectivity index (χ1n) is 7.71. The molecule has 0 fully saturated rings. The smallest absolute Gasteiger partial charge is 0.408 e. The second kappa shape index (κ2) is 8.11. The summed E-state index contributed by atoms with van der Waals surface area (Å²) >= 11 is 5.47. The van der Waals surface area contributed by atoms with E-state index in [-0.39, 0.29) is 12.5 Å². The van der Waals surface area contributed by atoms with Gasteiger partial charge >= 0.3 is 12.1 Å². The normalized spacial score (nSPS) is 12.5. The molecular weight excluding hydrogens is 346 g/mol. The van der Waals surface area contributed by atoms with Gasteiger partial charge in [0.15, 0.2) is 6.07 Å². The highest BCUT2D eigenvalue weighted by atomic mass is 35.5. The Bertz CT molecular complexity index is 756. The zero-order valence-electron chi connectivity index (χ0n) is 14.3. The lowest BCUT2D eigenvalue weighted by atomic mass is 10.1. The van der Waals surface area contributed by atoms with Crippen molar-refractivity contribution in [2.24, 2.45) is 0 Å². The summed E-state index contributed by atoms with van der Waals surface area (Å²) in [4.78, 5) is 32.6. The number of alkyl carbamates (subject to hydrolysis) is 1. The second-order valence-electron chi connectivity index (χ2n) is 6.31. The lowest BCUT2D eigenvalue weighted by molar-refractivity contribution is -0.144. The van der Waals surface area contributed by atoms with Crippen molar-refractivity contribution in [3.05, 3.63) is 36.3 Å². The minimum atomic E-state index is -0.980. The minimum Gasteiger partial charge on any atom is -0.448 e. The molecule has 1 N–H and O–H groups in total. The maximum Gasteiger partial charge on any atom is 0.408 e. The van der Waals surface area contributed by atoms with Crippen molar-refractivity contribution in [2.75, 3.05) is 6.07 Å². The fraction of sp³-hybridized carbons (Fsp3) is 0.412. The van der Waals surface area contributed by atoms with E-state index < -0.39 is 23.7 Å². The number of carbonyl (C=O) groups excluding carboxylic acids is 2. The quantitative estimate of drug-likeness (QED) is 0.647. The predicted molar refractivity (Wildman–Crippen MR) is 93.2 cm³/mol. The molecule has 0 radical (unpaired) electrons. The van der Waals surface area contributed by atoms with Gasteiger partial charge in [-0.3, -0.25) is 0 Å². The number of benzene rings is 1. The number of para-hydroxylation sites is 1. The number of aromatic nitrogens is 2. The molecule has 2 aromatic rings. The third kappa shape index (κ3) is 5.56. The van der Waals surface area contributed by atoms with E-state index in [1.165, 1.54) is 6.33 Å². The summed E-state index contributed by atoms with van der Waals surface area (Å²) < 4.78 is 10.0. The molecule has 1 aromatic heterocycles. The van der Waals surface area contributed by atoms with Gasteiger partial charge in [-0.2, -0.15) is 0 Å². The van der Waals surface area contributed by atoms with Crippen LogP contribution in [0.25, 0.3) is 10.9 Å². The number of carbonyl (C=O) groups is 2. The number of alkyl halides is 1. The lowest BCUT2D eigenvalue weighted by Gasteiger charge is -2.22. The summed E-state index contributed by atoms with van der Waals surface area (Å²) in [5, 5.41) is 3.31. The van der Waals surface area contributed by atoms with Gasteiger partial charge in [-0.05, 0) is 26.8 Å². The van der Waals surface area contributed by atoms with Gasteiger partial charge in [-0.25, -0.2) is 19.6 Å². The molecule has 0 saturated heterocycles. The molecule has 0 bridgehead atoms. The van der Waals surface area contributed by atoms with E-state index in [2.05, 4.69) is 15.3 Å². The first-order chi connectivity index (χ1) is 11.8. The molecule has 1 unspecified atom stereocenters. The first kappa shape index (κ1) is 18.9. The van der Waals surface area contributed by atoms with E-state index in [1.54, 1.807) is 20.8 Å². The molecule has 0 aliphatic heterocycles. The lowest BCUT2D eigenvalue weighted by Crippen LogP contribution is -2.45. The zero-order valence-corrected chi connectivity index (χ0v) is 15.0. The Morgan fingerprint density at radius 1 is 1.24 bits per heavy atom. The number of ether oxygens (including phenoxy) is 2. The third-order valence-electron chi connectivity index (χ3n) is 3.20. The van der Waals surface area contributed by atoms with Crippen LogP contribution in [-0.2, 0) is 20.7 Å². The molecule has 0 saturated carbocycles. The number of hydrogen-bond donors (Lipinski definition) is 1. The van der Waals surface area contributed by atoms with Crippen molar-refractivity contribution in [1.82, 2.24) is 15.3 Å². The van der Waals surface area contributed by atoms with Crippen molar-refractivity contribution in [3.8, 4) is 0 Å². The van der Waals surface area contributed by atoms with Gasteiger partial charge in [0, 0.05) is 11.8 Å². The second-order valence-corrected chi connectivity index (χ2v) is 6.53. The van der Waals surface area contributed by atoms with Gasteiger partial charge in [-0.1, -0.05) is 29.8 Å². The van der Waals surface area contributed by atoms with Gasteiger partial charge in [-0.15, -0.1) is 0 Å². The van der Waals surface area contributed by atoms with Crippen LogP contribution in [0.4, 0.5) is 4.79 Å². The van der Waals surface area contributed by atoms with Crippen molar-refractivity contribution in [1.29, 1.82) is 0 Å². The van der Waals surface area contributed by atoms with Crippen molar-refractivity contribution < 1.29 is 19.1 Å². The standard InChI is InChI=1S/C17H20ClN3O4/c1-17(2,3)25-16(23)21-14(15(22)24-9-18)8-13-11-6-4-5-7-12(11)19-10-20-13/h4-7,10,14H,8-9H2,1-3H3,(H,21,23). The SMILES string of the molecule is CC(C)(C)OC(=O)NC(Cc1ncnc2ccccc12)C(=O)OCCl. The van der Waals surface area contributed by atoms with Gasteiger partial charge in [0.05, 0.1) is 11.2 Å². The van der Waals surface area contributed by atoms with Crippen LogP contribution < -0.4 is 5.32 Å². The fourth-order valence-corrected chi connectivity index (χ4v) is 2.32. The van der Waals surface area contributed by atoms with Crippen molar-refractivity contribution in [3.63, 3.8) is 0 Å². The minimum absolute atomic E-state index is 0.123. The third-order valence-corrected chi connectivity index (χ3v) is 3.30. The van der Waals surface area contributed by atoms with Gasteiger partial charge in [0.2, 0.25) is 0 Å². The fourth-order valence-electron chi connectivity index (χ4n) is 2.21. The Morgan fingerprint density at radius 3 is 2.64 bits per heavy atom. The number of rotatable bonds is 5. The Morgan fingerprint density at radius 2 is 1.96 bits per heavy atom. The number of hydrogen-bond acceptors (Lipinski definition) is 6. The van der Waals surface area contributed by atoms with Crippen molar-refractivity contribution in [2.45, 2.75) is 38.8 Å². The Labute approximate surface area is 150 Å². The highest BCUT2D eigenvalue weighted by Gasteiger charge is 2.27. The molecular formula is C17H20ClN3O4.